The summed E-state index contributed by atoms with van der Waals surface area (Å²) >= 11 is 0. The fraction of sp³-hybridized carbons (Fsp3) is 0.600. The SMILES string of the molecule is O=C(c1ccc(NC2(CO)CC2)nc1)N1CCC(F)(F)CC1. The largest absolute Gasteiger partial charge is 0.394 e. The van der Waals surface area contributed by atoms with Gasteiger partial charge in [0.25, 0.3) is 11.8 Å². The van der Waals surface area contributed by atoms with Gasteiger partial charge in [-0.05, 0) is 25.0 Å². The Hall–Kier alpha value is -1.76. The molecular formula is C15H19F2N3O2. The standard InChI is InChI=1S/C15H19F2N3O2/c16-15(17)5-7-20(8-6-15)13(22)11-1-2-12(18-9-11)19-14(10-21)3-4-14/h1-2,9,21H,3-8,10H2,(H,18,19). The average molecular weight is 311 g/mol. The van der Waals surface area contributed by atoms with Crippen LogP contribution in [0.15, 0.2) is 18.3 Å². The molecule has 1 saturated heterocycles. The molecule has 5 nitrogen and oxygen atoms in total. The van der Waals surface area contributed by atoms with Crippen LogP contribution in [0.25, 0.3) is 0 Å². The van der Waals surface area contributed by atoms with Crippen molar-refractivity contribution in [3.05, 3.63) is 23.9 Å². The number of aliphatic hydroxyl groups excluding tert-OH is 1. The molecule has 2 heterocycles. The van der Waals surface area contributed by atoms with E-state index in [4.69, 9.17) is 0 Å². The highest BCUT2D eigenvalue weighted by atomic mass is 19.3. The van der Waals surface area contributed by atoms with Gasteiger partial charge in [-0.1, -0.05) is 0 Å². The van der Waals surface area contributed by atoms with E-state index in [-0.39, 0.29) is 44.0 Å². The number of rotatable bonds is 4. The summed E-state index contributed by atoms with van der Waals surface area (Å²) in [5, 5.41) is 12.4. The predicted octanol–water partition coefficient (Wildman–Crippen LogP) is 1.89. The van der Waals surface area contributed by atoms with Crippen LogP contribution in [0.4, 0.5) is 14.6 Å². The van der Waals surface area contributed by atoms with Gasteiger partial charge in [0.1, 0.15) is 5.82 Å². The molecule has 1 aliphatic heterocycles. The van der Waals surface area contributed by atoms with Crippen LogP contribution in [0, 0.1) is 0 Å². The monoisotopic (exact) mass is 311 g/mol. The number of aliphatic hydroxyl groups is 1. The summed E-state index contributed by atoms with van der Waals surface area (Å²) in [6, 6.07) is 3.32. The quantitative estimate of drug-likeness (QED) is 0.891. The minimum Gasteiger partial charge on any atom is -0.394 e. The van der Waals surface area contributed by atoms with Crippen molar-refractivity contribution < 1.29 is 18.7 Å². The summed E-state index contributed by atoms with van der Waals surface area (Å²) < 4.78 is 26.2. The van der Waals surface area contributed by atoms with Gasteiger partial charge in [-0.3, -0.25) is 4.79 Å². The van der Waals surface area contributed by atoms with E-state index in [2.05, 4.69) is 10.3 Å². The molecule has 0 bridgehead atoms. The van der Waals surface area contributed by atoms with Gasteiger partial charge in [-0.2, -0.15) is 0 Å². The summed E-state index contributed by atoms with van der Waals surface area (Å²) in [6.45, 7) is 0.191. The van der Waals surface area contributed by atoms with Crippen LogP contribution in [0.1, 0.15) is 36.0 Å². The van der Waals surface area contributed by atoms with E-state index < -0.39 is 5.92 Å². The number of alkyl halides is 2. The van der Waals surface area contributed by atoms with Gasteiger partial charge in [0.05, 0.1) is 17.7 Å². The van der Waals surface area contributed by atoms with Crippen molar-refractivity contribution in [3.63, 3.8) is 0 Å². The molecular weight excluding hydrogens is 292 g/mol. The molecule has 2 N–H and O–H groups in total. The zero-order valence-corrected chi connectivity index (χ0v) is 12.2. The summed E-state index contributed by atoms with van der Waals surface area (Å²) in [7, 11) is 0. The molecule has 1 amide bonds. The Labute approximate surface area is 127 Å². The second kappa shape index (κ2) is 5.46. The number of piperidine rings is 1. The minimum absolute atomic E-state index is 0.0529. The molecule has 120 valence electrons. The van der Waals surface area contributed by atoms with E-state index in [1.807, 2.05) is 0 Å². The van der Waals surface area contributed by atoms with E-state index in [0.29, 0.717) is 11.4 Å². The normalized spacial score (nSPS) is 22.2. The Morgan fingerprint density at radius 2 is 1.95 bits per heavy atom. The smallest absolute Gasteiger partial charge is 0.255 e. The highest BCUT2D eigenvalue weighted by Gasteiger charge is 2.42. The van der Waals surface area contributed by atoms with Crippen molar-refractivity contribution in [2.75, 3.05) is 25.0 Å². The Morgan fingerprint density at radius 1 is 1.27 bits per heavy atom. The lowest BCUT2D eigenvalue weighted by atomic mass is 10.1. The lowest BCUT2D eigenvalue weighted by Crippen LogP contribution is -2.42. The molecule has 0 radical (unpaired) electrons. The number of hydrogen-bond acceptors (Lipinski definition) is 4. The zero-order valence-electron chi connectivity index (χ0n) is 12.2. The van der Waals surface area contributed by atoms with Gasteiger partial charge in [0.15, 0.2) is 0 Å². The van der Waals surface area contributed by atoms with Crippen LogP contribution in [0.3, 0.4) is 0 Å². The summed E-state index contributed by atoms with van der Waals surface area (Å²) in [6.07, 6.45) is 2.67. The van der Waals surface area contributed by atoms with Gasteiger partial charge in [0.2, 0.25) is 0 Å². The molecule has 1 aromatic heterocycles. The number of nitrogens with zero attached hydrogens (tertiary/aromatic N) is 2. The van der Waals surface area contributed by atoms with E-state index in [9.17, 15) is 18.7 Å². The molecule has 0 unspecified atom stereocenters. The Morgan fingerprint density at radius 3 is 2.45 bits per heavy atom. The molecule has 1 aliphatic carbocycles. The third-order valence-electron chi connectivity index (χ3n) is 4.34. The zero-order chi connectivity index (χ0) is 15.8. The van der Waals surface area contributed by atoms with E-state index in [0.717, 1.165) is 12.8 Å². The first-order chi connectivity index (χ1) is 10.4. The number of nitrogens with one attached hydrogen (secondary N) is 1. The third-order valence-corrected chi connectivity index (χ3v) is 4.34. The Kier molecular flexibility index (Phi) is 3.76. The third kappa shape index (κ3) is 3.19. The number of anilines is 1. The minimum atomic E-state index is -2.66. The van der Waals surface area contributed by atoms with Gasteiger partial charge < -0.3 is 15.3 Å². The summed E-state index contributed by atoms with van der Waals surface area (Å²) in [5.74, 6) is -2.32. The van der Waals surface area contributed by atoms with Crippen LogP contribution in [-0.2, 0) is 0 Å². The molecule has 3 rings (SSSR count). The Balaban J connectivity index is 1.61. The number of halogens is 2. The van der Waals surface area contributed by atoms with Crippen molar-refractivity contribution in [1.82, 2.24) is 9.88 Å². The molecule has 0 atom stereocenters. The van der Waals surface area contributed by atoms with Crippen molar-refractivity contribution in [2.45, 2.75) is 37.1 Å². The highest BCUT2D eigenvalue weighted by molar-refractivity contribution is 5.94. The molecule has 7 heteroatoms. The van der Waals surface area contributed by atoms with Crippen molar-refractivity contribution in [1.29, 1.82) is 0 Å². The van der Waals surface area contributed by atoms with Crippen LogP contribution in [-0.4, -0.2) is 52.1 Å². The predicted molar refractivity (Wildman–Crippen MR) is 77.0 cm³/mol. The van der Waals surface area contributed by atoms with Crippen LogP contribution >= 0.6 is 0 Å². The molecule has 1 saturated carbocycles. The van der Waals surface area contributed by atoms with Gasteiger partial charge in [-0.25, -0.2) is 13.8 Å². The van der Waals surface area contributed by atoms with Crippen LogP contribution in [0.2, 0.25) is 0 Å². The van der Waals surface area contributed by atoms with E-state index in [1.165, 1.54) is 11.1 Å². The number of pyridine rings is 1. The van der Waals surface area contributed by atoms with Gasteiger partial charge in [0, 0.05) is 32.1 Å². The van der Waals surface area contributed by atoms with Gasteiger partial charge >= 0.3 is 0 Å². The number of hydrogen-bond donors (Lipinski definition) is 2. The molecule has 0 aromatic carbocycles. The first-order valence-electron chi connectivity index (χ1n) is 7.45. The van der Waals surface area contributed by atoms with Crippen LogP contribution < -0.4 is 5.32 Å². The molecule has 2 aliphatic rings. The molecule has 22 heavy (non-hydrogen) atoms. The van der Waals surface area contributed by atoms with Crippen LogP contribution in [0.5, 0.6) is 0 Å². The lowest BCUT2D eigenvalue weighted by molar-refractivity contribution is -0.0494. The maximum atomic E-state index is 13.1. The fourth-order valence-electron chi connectivity index (χ4n) is 2.56. The number of carbonyl (C=O) groups excluding carboxylic acids is 1. The summed E-state index contributed by atoms with van der Waals surface area (Å²) in [4.78, 5) is 17.9. The molecule has 0 spiro atoms. The topological polar surface area (TPSA) is 65.5 Å². The Bertz CT molecular complexity index is 548. The molecule has 1 aromatic rings. The van der Waals surface area contributed by atoms with Crippen molar-refractivity contribution in [2.24, 2.45) is 0 Å². The maximum Gasteiger partial charge on any atom is 0.255 e. The fourth-order valence-corrected chi connectivity index (χ4v) is 2.56. The van der Waals surface area contributed by atoms with Crippen molar-refractivity contribution in [3.8, 4) is 0 Å². The van der Waals surface area contributed by atoms with Gasteiger partial charge in [-0.15, -0.1) is 0 Å². The lowest BCUT2D eigenvalue weighted by Gasteiger charge is -2.31. The first-order valence-corrected chi connectivity index (χ1v) is 7.45. The number of aromatic nitrogens is 1. The second-order valence-electron chi connectivity index (χ2n) is 6.14. The summed E-state index contributed by atoms with van der Waals surface area (Å²) in [5.41, 5.74) is 0.126. The highest BCUT2D eigenvalue weighted by Crippen LogP contribution is 2.37. The van der Waals surface area contributed by atoms with E-state index in [1.54, 1.807) is 12.1 Å². The first kappa shape index (κ1) is 15.1. The average Bonchev–Trinajstić information content (AvgIpc) is 3.28. The maximum absolute atomic E-state index is 13.1. The second-order valence-corrected chi connectivity index (χ2v) is 6.14. The number of likely N-dealkylation sites (tertiary alicyclic amines) is 1. The van der Waals surface area contributed by atoms with E-state index >= 15 is 0 Å². The number of carbonyl (C=O) groups is 1. The molecule has 2 fully saturated rings. The number of amides is 1. The van der Waals surface area contributed by atoms with Crippen molar-refractivity contribution >= 4 is 11.7 Å².